The molecular formula is C13H22N2. The molecule has 1 aromatic rings. The van der Waals surface area contributed by atoms with Crippen LogP contribution in [0.25, 0.3) is 0 Å². The summed E-state index contributed by atoms with van der Waals surface area (Å²) in [7, 11) is 0. The van der Waals surface area contributed by atoms with Crippen molar-refractivity contribution in [3.63, 3.8) is 0 Å². The van der Waals surface area contributed by atoms with Crippen molar-refractivity contribution in [3.8, 4) is 0 Å². The fraction of sp³-hybridized carbons (Fsp3) is 0.538. The maximum absolute atomic E-state index is 5.39. The van der Waals surface area contributed by atoms with E-state index in [2.05, 4.69) is 36.5 Å². The van der Waals surface area contributed by atoms with Crippen molar-refractivity contribution in [2.75, 3.05) is 19.6 Å². The molecule has 0 aliphatic rings. The minimum atomic E-state index is 0.734. The molecule has 0 amide bonds. The fourth-order valence-corrected chi connectivity index (χ4v) is 1.56. The summed E-state index contributed by atoms with van der Waals surface area (Å²) in [4.78, 5) is 0. The van der Waals surface area contributed by atoms with Crippen molar-refractivity contribution in [2.24, 2.45) is 5.73 Å². The lowest BCUT2D eigenvalue weighted by molar-refractivity contribution is 0.627. The standard InChI is InChI=1S/C13H22N2/c1-12-5-7-13(8-6-12)4-2-3-10-15-11-9-14/h5-8,15H,2-4,9-11,14H2,1H3. The summed E-state index contributed by atoms with van der Waals surface area (Å²) in [6, 6.07) is 8.81. The molecule has 0 fully saturated rings. The molecule has 2 nitrogen and oxygen atoms in total. The maximum atomic E-state index is 5.39. The molecule has 15 heavy (non-hydrogen) atoms. The summed E-state index contributed by atoms with van der Waals surface area (Å²) in [6.07, 6.45) is 3.67. The molecule has 0 unspecified atom stereocenters. The number of hydrogen-bond acceptors (Lipinski definition) is 2. The van der Waals surface area contributed by atoms with Gasteiger partial charge in [-0.3, -0.25) is 0 Å². The van der Waals surface area contributed by atoms with Gasteiger partial charge in [0, 0.05) is 13.1 Å². The lowest BCUT2D eigenvalue weighted by atomic mass is 10.1. The number of benzene rings is 1. The third kappa shape index (κ3) is 5.55. The average Bonchev–Trinajstić information content (AvgIpc) is 2.26. The maximum Gasteiger partial charge on any atom is 0.00745 e. The molecule has 0 bridgehead atoms. The summed E-state index contributed by atoms with van der Waals surface area (Å²) in [5.41, 5.74) is 8.17. The molecule has 0 spiro atoms. The molecule has 0 radical (unpaired) electrons. The third-order valence-corrected chi connectivity index (χ3v) is 2.51. The fourth-order valence-electron chi connectivity index (χ4n) is 1.56. The second-order valence-electron chi connectivity index (χ2n) is 3.98. The van der Waals surface area contributed by atoms with Gasteiger partial charge in [-0.2, -0.15) is 0 Å². The summed E-state index contributed by atoms with van der Waals surface area (Å²) in [6.45, 7) is 4.88. The second-order valence-corrected chi connectivity index (χ2v) is 3.98. The molecule has 0 aliphatic heterocycles. The Bertz CT molecular complexity index is 254. The van der Waals surface area contributed by atoms with Crippen LogP contribution in [0.1, 0.15) is 24.0 Å². The molecular weight excluding hydrogens is 184 g/mol. The van der Waals surface area contributed by atoms with E-state index in [1.165, 1.54) is 30.4 Å². The van der Waals surface area contributed by atoms with Gasteiger partial charge in [-0.05, 0) is 38.3 Å². The lowest BCUT2D eigenvalue weighted by Crippen LogP contribution is -2.23. The average molecular weight is 206 g/mol. The van der Waals surface area contributed by atoms with Crippen LogP contribution in [0.4, 0.5) is 0 Å². The number of unbranched alkanes of at least 4 members (excludes halogenated alkanes) is 1. The monoisotopic (exact) mass is 206 g/mol. The zero-order valence-corrected chi connectivity index (χ0v) is 9.63. The molecule has 0 saturated heterocycles. The predicted molar refractivity (Wildman–Crippen MR) is 66.0 cm³/mol. The minimum absolute atomic E-state index is 0.734. The molecule has 0 aliphatic carbocycles. The van der Waals surface area contributed by atoms with Crippen LogP contribution in [0.2, 0.25) is 0 Å². The number of hydrogen-bond donors (Lipinski definition) is 2. The minimum Gasteiger partial charge on any atom is -0.329 e. The lowest BCUT2D eigenvalue weighted by Gasteiger charge is -2.03. The Kier molecular flexibility index (Phi) is 6.05. The van der Waals surface area contributed by atoms with E-state index < -0.39 is 0 Å². The van der Waals surface area contributed by atoms with Crippen LogP contribution in [0.5, 0.6) is 0 Å². The zero-order valence-electron chi connectivity index (χ0n) is 9.63. The van der Waals surface area contributed by atoms with E-state index >= 15 is 0 Å². The molecule has 1 aromatic carbocycles. The van der Waals surface area contributed by atoms with Gasteiger partial charge in [-0.1, -0.05) is 29.8 Å². The quantitative estimate of drug-likeness (QED) is 0.668. The van der Waals surface area contributed by atoms with Gasteiger partial charge in [-0.25, -0.2) is 0 Å². The smallest absolute Gasteiger partial charge is 0.00745 e. The van der Waals surface area contributed by atoms with Crippen LogP contribution in [-0.4, -0.2) is 19.6 Å². The first-order chi connectivity index (χ1) is 7.33. The van der Waals surface area contributed by atoms with Crippen molar-refractivity contribution in [1.82, 2.24) is 5.32 Å². The molecule has 3 N–H and O–H groups in total. The molecule has 1 rings (SSSR count). The SMILES string of the molecule is Cc1ccc(CCCCNCCN)cc1. The van der Waals surface area contributed by atoms with Gasteiger partial charge >= 0.3 is 0 Å². The largest absolute Gasteiger partial charge is 0.329 e. The van der Waals surface area contributed by atoms with Crippen molar-refractivity contribution < 1.29 is 0 Å². The van der Waals surface area contributed by atoms with E-state index in [1.807, 2.05) is 0 Å². The second kappa shape index (κ2) is 7.43. The number of nitrogens with two attached hydrogens (primary N) is 1. The predicted octanol–water partition coefficient (Wildman–Crippen LogP) is 1.87. The highest BCUT2D eigenvalue weighted by atomic mass is 14.9. The first kappa shape index (κ1) is 12.2. The molecule has 0 aromatic heterocycles. The highest BCUT2D eigenvalue weighted by molar-refractivity contribution is 5.21. The number of aryl methyl sites for hydroxylation is 2. The Labute approximate surface area is 92.9 Å². The Morgan fingerprint density at radius 3 is 2.47 bits per heavy atom. The molecule has 0 heterocycles. The Morgan fingerprint density at radius 2 is 1.80 bits per heavy atom. The van der Waals surface area contributed by atoms with Crippen molar-refractivity contribution in [3.05, 3.63) is 35.4 Å². The number of rotatable bonds is 7. The molecule has 0 atom stereocenters. The van der Waals surface area contributed by atoms with Crippen LogP contribution in [0.3, 0.4) is 0 Å². The summed E-state index contributed by atoms with van der Waals surface area (Å²) in [5.74, 6) is 0. The van der Waals surface area contributed by atoms with Gasteiger partial charge in [0.2, 0.25) is 0 Å². The van der Waals surface area contributed by atoms with E-state index in [1.54, 1.807) is 0 Å². The van der Waals surface area contributed by atoms with Gasteiger partial charge in [0.05, 0.1) is 0 Å². The first-order valence-electron chi connectivity index (χ1n) is 5.79. The number of nitrogens with one attached hydrogen (secondary N) is 1. The molecule has 0 saturated carbocycles. The molecule has 84 valence electrons. The highest BCUT2D eigenvalue weighted by Crippen LogP contribution is 2.06. The van der Waals surface area contributed by atoms with Gasteiger partial charge in [-0.15, -0.1) is 0 Å². The molecule has 2 heteroatoms. The Morgan fingerprint density at radius 1 is 1.07 bits per heavy atom. The van der Waals surface area contributed by atoms with Crippen molar-refractivity contribution >= 4 is 0 Å². The van der Waals surface area contributed by atoms with E-state index in [0.717, 1.165) is 19.6 Å². The van der Waals surface area contributed by atoms with E-state index in [-0.39, 0.29) is 0 Å². The van der Waals surface area contributed by atoms with E-state index in [4.69, 9.17) is 5.73 Å². The third-order valence-electron chi connectivity index (χ3n) is 2.51. The highest BCUT2D eigenvalue weighted by Gasteiger charge is 1.93. The van der Waals surface area contributed by atoms with Crippen LogP contribution in [0, 0.1) is 6.92 Å². The van der Waals surface area contributed by atoms with Crippen LogP contribution >= 0.6 is 0 Å². The normalized spacial score (nSPS) is 10.5. The first-order valence-corrected chi connectivity index (χ1v) is 5.79. The van der Waals surface area contributed by atoms with E-state index in [9.17, 15) is 0 Å². The van der Waals surface area contributed by atoms with Gasteiger partial charge in [0.1, 0.15) is 0 Å². The summed E-state index contributed by atoms with van der Waals surface area (Å²) in [5, 5.41) is 3.31. The summed E-state index contributed by atoms with van der Waals surface area (Å²) >= 11 is 0. The van der Waals surface area contributed by atoms with Gasteiger partial charge < -0.3 is 11.1 Å². The van der Waals surface area contributed by atoms with E-state index in [0.29, 0.717) is 0 Å². The zero-order chi connectivity index (χ0) is 10.9. The van der Waals surface area contributed by atoms with Crippen molar-refractivity contribution in [1.29, 1.82) is 0 Å². The van der Waals surface area contributed by atoms with Crippen LogP contribution < -0.4 is 11.1 Å². The van der Waals surface area contributed by atoms with Gasteiger partial charge in [0.15, 0.2) is 0 Å². The van der Waals surface area contributed by atoms with Crippen LogP contribution in [-0.2, 0) is 6.42 Å². The Hall–Kier alpha value is -0.860. The van der Waals surface area contributed by atoms with Crippen molar-refractivity contribution in [2.45, 2.75) is 26.2 Å². The Balaban J connectivity index is 2.07. The van der Waals surface area contributed by atoms with Gasteiger partial charge in [0.25, 0.3) is 0 Å². The summed E-state index contributed by atoms with van der Waals surface area (Å²) < 4.78 is 0. The topological polar surface area (TPSA) is 38.0 Å². The van der Waals surface area contributed by atoms with Crippen LogP contribution in [0.15, 0.2) is 24.3 Å².